The van der Waals surface area contributed by atoms with Gasteiger partial charge in [0.1, 0.15) is 0 Å². The van der Waals surface area contributed by atoms with Gasteiger partial charge in [-0.3, -0.25) is 4.79 Å². The Morgan fingerprint density at radius 2 is 2.12 bits per heavy atom. The van der Waals surface area contributed by atoms with Crippen molar-refractivity contribution in [2.45, 2.75) is 29.5 Å². The third kappa shape index (κ3) is 6.74. The van der Waals surface area contributed by atoms with Crippen molar-refractivity contribution >= 4 is 33.6 Å². The topological polar surface area (TPSA) is 29.1 Å². The second kappa shape index (κ2) is 8.59. The molecule has 0 fully saturated rings. The highest BCUT2D eigenvalue weighted by molar-refractivity contribution is 9.09. The van der Waals surface area contributed by atoms with Crippen molar-refractivity contribution in [1.29, 1.82) is 0 Å². The number of hydrogen-bond donors (Lipinski definition) is 1. The zero-order chi connectivity index (χ0) is 12.5. The van der Waals surface area contributed by atoms with Crippen LogP contribution < -0.4 is 5.32 Å². The van der Waals surface area contributed by atoms with E-state index >= 15 is 0 Å². The van der Waals surface area contributed by atoms with Crippen LogP contribution in [0.15, 0.2) is 35.2 Å². The fraction of sp³-hybridized carbons (Fsp3) is 0.462. The average Bonchev–Trinajstić information content (AvgIpc) is 2.35. The van der Waals surface area contributed by atoms with E-state index in [4.69, 9.17) is 0 Å². The molecule has 17 heavy (non-hydrogen) atoms. The normalized spacial score (nSPS) is 12.1. The molecule has 1 atom stereocenters. The summed E-state index contributed by atoms with van der Waals surface area (Å²) in [5.74, 6) is 0.579. The summed E-state index contributed by atoms with van der Waals surface area (Å²) < 4.78 is 0. The Balaban J connectivity index is 2.17. The van der Waals surface area contributed by atoms with E-state index in [0.717, 1.165) is 17.7 Å². The van der Waals surface area contributed by atoms with E-state index in [1.165, 1.54) is 0 Å². The Morgan fingerprint density at radius 1 is 1.41 bits per heavy atom. The minimum Gasteiger partial charge on any atom is -0.354 e. The van der Waals surface area contributed by atoms with Crippen LogP contribution in [0.2, 0.25) is 0 Å². The lowest BCUT2D eigenvalue weighted by Gasteiger charge is -2.09. The van der Waals surface area contributed by atoms with Crippen LogP contribution in [-0.2, 0) is 4.79 Å². The maximum atomic E-state index is 11.6. The van der Waals surface area contributed by atoms with Gasteiger partial charge in [-0.25, -0.2) is 0 Å². The van der Waals surface area contributed by atoms with Gasteiger partial charge in [-0.05, 0) is 18.6 Å². The maximum absolute atomic E-state index is 11.6. The lowest BCUT2D eigenvalue weighted by molar-refractivity contribution is -0.118. The predicted molar refractivity (Wildman–Crippen MR) is 77.8 cm³/mol. The molecule has 0 aliphatic heterocycles. The summed E-state index contributed by atoms with van der Waals surface area (Å²) in [7, 11) is 0. The van der Waals surface area contributed by atoms with Crippen LogP contribution in [0.1, 0.15) is 19.8 Å². The molecule has 0 saturated heterocycles. The van der Waals surface area contributed by atoms with E-state index in [9.17, 15) is 4.79 Å². The van der Waals surface area contributed by atoms with Gasteiger partial charge in [0.2, 0.25) is 5.91 Å². The second-order valence-corrected chi connectivity index (χ2v) is 6.14. The molecule has 0 heterocycles. The number of halogens is 1. The number of amides is 1. The first kappa shape index (κ1) is 14.6. The number of thioether (sulfide) groups is 1. The standard InChI is InChI=1S/C13H18BrNOS/c1-2-6-11(14)9-15-13(16)10-17-12-7-4-3-5-8-12/h3-5,7-8,11H,2,6,9-10H2,1H3,(H,15,16). The summed E-state index contributed by atoms with van der Waals surface area (Å²) in [6.07, 6.45) is 2.22. The van der Waals surface area contributed by atoms with Gasteiger partial charge in [0.05, 0.1) is 5.75 Å². The Bertz CT molecular complexity index is 331. The molecule has 0 aliphatic carbocycles. The van der Waals surface area contributed by atoms with Crippen molar-refractivity contribution in [3.63, 3.8) is 0 Å². The first-order valence-electron chi connectivity index (χ1n) is 5.81. The monoisotopic (exact) mass is 315 g/mol. The minimum absolute atomic E-state index is 0.0967. The molecule has 1 rings (SSSR count). The molecular formula is C13H18BrNOS. The Hall–Kier alpha value is -0.480. The van der Waals surface area contributed by atoms with Crippen LogP contribution >= 0.6 is 27.7 Å². The van der Waals surface area contributed by atoms with E-state index in [-0.39, 0.29) is 5.91 Å². The maximum Gasteiger partial charge on any atom is 0.230 e. The Labute approximate surface area is 116 Å². The van der Waals surface area contributed by atoms with Gasteiger partial charge >= 0.3 is 0 Å². The number of carbonyl (C=O) groups excluding carboxylic acids is 1. The molecule has 4 heteroatoms. The third-order valence-corrected chi connectivity index (χ3v) is 4.03. The molecule has 1 N–H and O–H groups in total. The van der Waals surface area contributed by atoms with Gasteiger partial charge < -0.3 is 5.32 Å². The molecule has 1 amide bonds. The van der Waals surface area contributed by atoms with Crippen molar-refractivity contribution < 1.29 is 4.79 Å². The fourth-order valence-corrected chi connectivity index (χ4v) is 2.73. The summed E-state index contributed by atoms with van der Waals surface area (Å²) in [5.41, 5.74) is 0. The lowest BCUT2D eigenvalue weighted by Crippen LogP contribution is -2.30. The Kier molecular flexibility index (Phi) is 7.37. The quantitative estimate of drug-likeness (QED) is 0.616. The predicted octanol–water partition coefficient (Wildman–Crippen LogP) is 3.46. The third-order valence-electron chi connectivity index (χ3n) is 2.24. The lowest BCUT2D eigenvalue weighted by atomic mass is 10.2. The van der Waals surface area contributed by atoms with E-state index in [2.05, 4.69) is 28.2 Å². The van der Waals surface area contributed by atoms with Crippen LogP contribution in [0.4, 0.5) is 0 Å². The van der Waals surface area contributed by atoms with Crippen molar-refractivity contribution in [1.82, 2.24) is 5.32 Å². The molecule has 0 bridgehead atoms. The molecule has 2 nitrogen and oxygen atoms in total. The molecule has 0 spiro atoms. The van der Waals surface area contributed by atoms with E-state index in [0.29, 0.717) is 17.1 Å². The van der Waals surface area contributed by atoms with Gasteiger partial charge in [-0.1, -0.05) is 47.5 Å². The number of hydrogen-bond acceptors (Lipinski definition) is 2. The smallest absolute Gasteiger partial charge is 0.230 e. The molecule has 94 valence electrons. The van der Waals surface area contributed by atoms with E-state index in [1.54, 1.807) is 11.8 Å². The summed E-state index contributed by atoms with van der Waals surface area (Å²) in [6.45, 7) is 2.85. The number of nitrogens with one attached hydrogen (secondary N) is 1. The van der Waals surface area contributed by atoms with Crippen LogP contribution in [-0.4, -0.2) is 23.0 Å². The summed E-state index contributed by atoms with van der Waals surface area (Å²) in [6, 6.07) is 9.97. The molecular weight excluding hydrogens is 298 g/mol. The molecule has 0 saturated carbocycles. The van der Waals surface area contributed by atoms with Gasteiger partial charge in [-0.15, -0.1) is 11.8 Å². The molecule has 0 aromatic heterocycles. The first-order chi connectivity index (χ1) is 8.22. The summed E-state index contributed by atoms with van der Waals surface area (Å²) in [4.78, 5) is 13.1. The van der Waals surface area contributed by atoms with Gasteiger partial charge in [0.25, 0.3) is 0 Å². The first-order valence-corrected chi connectivity index (χ1v) is 7.71. The van der Waals surface area contributed by atoms with E-state index < -0.39 is 0 Å². The fourth-order valence-electron chi connectivity index (χ4n) is 1.36. The highest BCUT2D eigenvalue weighted by Gasteiger charge is 2.06. The number of rotatable bonds is 7. The second-order valence-electron chi connectivity index (χ2n) is 3.79. The number of benzene rings is 1. The van der Waals surface area contributed by atoms with Crippen LogP contribution in [0, 0.1) is 0 Å². The average molecular weight is 316 g/mol. The van der Waals surface area contributed by atoms with Crippen molar-refractivity contribution in [3.05, 3.63) is 30.3 Å². The zero-order valence-electron chi connectivity index (χ0n) is 9.99. The van der Waals surface area contributed by atoms with Crippen LogP contribution in [0.3, 0.4) is 0 Å². The molecule has 0 aliphatic rings. The van der Waals surface area contributed by atoms with Crippen molar-refractivity contribution in [2.75, 3.05) is 12.3 Å². The minimum atomic E-state index is 0.0967. The molecule has 0 radical (unpaired) electrons. The summed E-state index contributed by atoms with van der Waals surface area (Å²) >= 11 is 5.11. The van der Waals surface area contributed by atoms with E-state index in [1.807, 2.05) is 30.3 Å². The highest BCUT2D eigenvalue weighted by Crippen LogP contribution is 2.16. The SMILES string of the molecule is CCCC(Br)CNC(=O)CSc1ccccc1. The molecule has 1 aromatic carbocycles. The number of carbonyl (C=O) groups is 1. The van der Waals surface area contributed by atoms with Crippen molar-refractivity contribution in [2.24, 2.45) is 0 Å². The van der Waals surface area contributed by atoms with Gasteiger partial charge in [0.15, 0.2) is 0 Å². The molecule has 1 unspecified atom stereocenters. The largest absolute Gasteiger partial charge is 0.354 e. The van der Waals surface area contributed by atoms with Gasteiger partial charge in [0, 0.05) is 16.3 Å². The summed E-state index contributed by atoms with van der Waals surface area (Å²) in [5, 5.41) is 2.93. The van der Waals surface area contributed by atoms with Gasteiger partial charge in [-0.2, -0.15) is 0 Å². The zero-order valence-corrected chi connectivity index (χ0v) is 12.4. The number of alkyl halides is 1. The van der Waals surface area contributed by atoms with Crippen LogP contribution in [0.25, 0.3) is 0 Å². The van der Waals surface area contributed by atoms with Crippen LogP contribution in [0.5, 0.6) is 0 Å². The Morgan fingerprint density at radius 3 is 2.76 bits per heavy atom. The molecule has 1 aromatic rings. The highest BCUT2D eigenvalue weighted by atomic mass is 79.9. The van der Waals surface area contributed by atoms with Crippen molar-refractivity contribution in [3.8, 4) is 0 Å².